The van der Waals surface area contributed by atoms with Gasteiger partial charge in [0.05, 0.1) is 26.4 Å². The Morgan fingerprint density at radius 1 is 0.326 bits per heavy atom. The van der Waals surface area contributed by atoms with Crippen LogP contribution in [0, 0.1) is 0 Å². The highest BCUT2D eigenvalue weighted by molar-refractivity contribution is 7.47. The molecular formula is C71H126O16P2. The molecule has 0 aromatic heterocycles. The monoisotopic (exact) mass is 1300 g/mol. The van der Waals surface area contributed by atoms with Gasteiger partial charge in [-0.3, -0.25) is 32.5 Å². The number of rotatable bonds is 66. The van der Waals surface area contributed by atoms with Crippen LogP contribution in [-0.4, -0.2) is 95.9 Å². The second-order valence-electron chi connectivity index (χ2n) is 23.3. The minimum absolute atomic E-state index is 0.107. The number of carbonyl (C=O) groups is 3. The number of allylic oxidation sites excluding steroid dienone is 14. The first-order valence-corrected chi connectivity index (χ1v) is 37.9. The summed E-state index contributed by atoms with van der Waals surface area (Å²) in [6.07, 6.45) is 69.4. The number of unbranched alkanes of at least 4 members (excludes halogenated alkanes) is 29. The number of phosphoric acid groups is 2. The van der Waals surface area contributed by atoms with Crippen molar-refractivity contribution in [2.24, 2.45) is 0 Å². The third-order valence-corrected chi connectivity index (χ3v) is 16.5. The van der Waals surface area contributed by atoms with E-state index in [-0.39, 0.29) is 19.3 Å². The standard InChI is InChI=1S/C71H126O16P2/c1-4-7-10-13-16-19-22-24-25-26-27-28-29-30-31-32-33-34-35-36-37-38-39-41-44-45-48-51-54-57-69(74)81-60-66(72)61-83-88(77,78)84-62-67(73)63-85-89(79,80)86-65-68(87-71(76)59-56-53-50-47-42-21-18-15-12-9-6-3)64-82-70(75)58-55-52-49-46-43-40-23-20-17-14-11-8-5-2/h7,10,16,19-20,23-25,27-28,30-31,33-34,66-68,72-73H,4-6,8-9,11-15,17-18,21-22,26,29,32,35-65H2,1-3H3,(H,77,78)(H,79,80)/b10-7-,19-16-,23-20-,25-24-,28-27-,31-30-,34-33-. The molecule has 4 N–H and O–H groups in total. The van der Waals surface area contributed by atoms with Gasteiger partial charge in [0.25, 0.3) is 0 Å². The van der Waals surface area contributed by atoms with Crippen molar-refractivity contribution in [1.29, 1.82) is 0 Å². The highest BCUT2D eigenvalue weighted by Gasteiger charge is 2.29. The number of hydrogen-bond acceptors (Lipinski definition) is 14. The van der Waals surface area contributed by atoms with E-state index in [9.17, 15) is 43.5 Å². The van der Waals surface area contributed by atoms with Gasteiger partial charge in [-0.2, -0.15) is 0 Å². The molecule has 516 valence electrons. The van der Waals surface area contributed by atoms with E-state index >= 15 is 0 Å². The molecule has 0 spiro atoms. The Kier molecular flexibility index (Phi) is 62.4. The number of ether oxygens (including phenoxy) is 3. The van der Waals surface area contributed by atoms with E-state index in [0.29, 0.717) is 19.3 Å². The largest absolute Gasteiger partial charge is 0.472 e. The summed E-state index contributed by atoms with van der Waals surface area (Å²) in [5, 5.41) is 20.5. The average Bonchev–Trinajstić information content (AvgIpc) is 3.73. The molecule has 0 saturated heterocycles. The van der Waals surface area contributed by atoms with Crippen molar-refractivity contribution in [2.75, 3.05) is 39.6 Å². The number of carbonyl (C=O) groups excluding carboxylic acids is 3. The summed E-state index contributed by atoms with van der Waals surface area (Å²) in [4.78, 5) is 58.2. The molecule has 0 fully saturated rings. The fraction of sp³-hybridized carbons (Fsp3) is 0.761. The summed E-state index contributed by atoms with van der Waals surface area (Å²) < 4.78 is 60.8. The van der Waals surface area contributed by atoms with E-state index in [1.165, 1.54) is 96.3 Å². The lowest BCUT2D eigenvalue weighted by Crippen LogP contribution is -2.30. The van der Waals surface area contributed by atoms with Gasteiger partial charge in [-0.05, 0) is 96.3 Å². The van der Waals surface area contributed by atoms with E-state index in [1.54, 1.807) is 0 Å². The molecule has 5 unspecified atom stereocenters. The van der Waals surface area contributed by atoms with Crippen LogP contribution in [0.1, 0.15) is 290 Å². The first-order chi connectivity index (χ1) is 43.2. The van der Waals surface area contributed by atoms with Crippen LogP contribution in [0.4, 0.5) is 0 Å². The van der Waals surface area contributed by atoms with Gasteiger partial charge in [-0.15, -0.1) is 0 Å². The summed E-state index contributed by atoms with van der Waals surface area (Å²) in [5.41, 5.74) is 0. The molecule has 0 bridgehead atoms. The molecule has 0 aromatic carbocycles. The zero-order chi connectivity index (χ0) is 65.3. The van der Waals surface area contributed by atoms with Crippen LogP contribution >= 0.6 is 15.6 Å². The Hall–Kier alpha value is -3.27. The number of phosphoric ester groups is 2. The first kappa shape index (κ1) is 85.7. The number of aliphatic hydroxyl groups is 2. The van der Waals surface area contributed by atoms with Gasteiger partial charge in [0.2, 0.25) is 0 Å². The third kappa shape index (κ3) is 66.0. The maximum atomic E-state index is 12.8. The predicted octanol–water partition coefficient (Wildman–Crippen LogP) is 19.3. The zero-order valence-corrected chi connectivity index (χ0v) is 57.6. The Balaban J connectivity index is 4.40. The van der Waals surface area contributed by atoms with Crippen molar-refractivity contribution in [3.8, 4) is 0 Å². The van der Waals surface area contributed by atoms with Crippen LogP contribution in [0.3, 0.4) is 0 Å². The van der Waals surface area contributed by atoms with Crippen LogP contribution in [0.15, 0.2) is 85.1 Å². The highest BCUT2D eigenvalue weighted by Crippen LogP contribution is 2.45. The van der Waals surface area contributed by atoms with Gasteiger partial charge in [-0.1, -0.05) is 260 Å². The van der Waals surface area contributed by atoms with Crippen LogP contribution in [-0.2, 0) is 55.8 Å². The molecule has 0 saturated carbocycles. The second-order valence-corrected chi connectivity index (χ2v) is 26.2. The molecule has 0 aromatic rings. The molecule has 0 radical (unpaired) electrons. The maximum absolute atomic E-state index is 12.8. The summed E-state index contributed by atoms with van der Waals surface area (Å²) in [7, 11) is -9.76. The number of hydrogen-bond donors (Lipinski definition) is 4. The Morgan fingerprint density at radius 2 is 0.596 bits per heavy atom. The quantitative estimate of drug-likeness (QED) is 0.0146. The zero-order valence-electron chi connectivity index (χ0n) is 55.8. The molecule has 0 aliphatic carbocycles. The van der Waals surface area contributed by atoms with E-state index in [4.69, 9.17) is 32.3 Å². The number of aliphatic hydroxyl groups excluding tert-OH is 2. The molecule has 0 aliphatic rings. The van der Waals surface area contributed by atoms with Gasteiger partial charge in [0, 0.05) is 19.3 Å². The Bertz CT molecular complexity index is 1970. The van der Waals surface area contributed by atoms with Crippen molar-refractivity contribution in [1.82, 2.24) is 0 Å². The Morgan fingerprint density at radius 3 is 0.966 bits per heavy atom. The Labute approximate surface area is 540 Å². The van der Waals surface area contributed by atoms with Crippen LogP contribution in [0.25, 0.3) is 0 Å². The summed E-state index contributed by atoms with van der Waals surface area (Å²) >= 11 is 0. The molecule has 16 nitrogen and oxygen atoms in total. The van der Waals surface area contributed by atoms with Crippen molar-refractivity contribution in [3.05, 3.63) is 85.1 Å². The lowest BCUT2D eigenvalue weighted by molar-refractivity contribution is -0.161. The lowest BCUT2D eigenvalue weighted by Gasteiger charge is -2.21. The smallest absolute Gasteiger partial charge is 0.463 e. The molecule has 0 aliphatic heterocycles. The van der Waals surface area contributed by atoms with Gasteiger partial charge >= 0.3 is 33.6 Å². The van der Waals surface area contributed by atoms with Gasteiger partial charge in [-0.25, -0.2) is 9.13 Å². The molecule has 0 amide bonds. The number of esters is 3. The van der Waals surface area contributed by atoms with E-state index in [1.807, 2.05) is 0 Å². The van der Waals surface area contributed by atoms with Crippen molar-refractivity contribution >= 4 is 33.6 Å². The van der Waals surface area contributed by atoms with Crippen LogP contribution in [0.5, 0.6) is 0 Å². The lowest BCUT2D eigenvalue weighted by atomic mass is 10.1. The van der Waals surface area contributed by atoms with E-state index < -0.39 is 91.5 Å². The summed E-state index contributed by atoms with van der Waals surface area (Å²) in [5.74, 6) is -1.58. The SMILES string of the molecule is CC/C=C\C/C=C\C/C=C\C/C=C\C/C=C\C/C=C\CCCCCCCCCCCCC(=O)OCC(O)COP(=O)(O)OCC(O)COP(=O)(O)OCC(COC(=O)CCCCCCC/C=C\CCCCCC)OC(=O)CCCCCCCCCCCCC. The summed E-state index contributed by atoms with van der Waals surface area (Å²) in [6, 6.07) is 0. The molecule has 0 heterocycles. The summed E-state index contributed by atoms with van der Waals surface area (Å²) in [6.45, 7) is 2.53. The van der Waals surface area contributed by atoms with E-state index in [0.717, 1.165) is 135 Å². The van der Waals surface area contributed by atoms with Crippen molar-refractivity contribution in [3.63, 3.8) is 0 Å². The van der Waals surface area contributed by atoms with Gasteiger partial charge < -0.3 is 34.2 Å². The molecule has 18 heteroatoms. The van der Waals surface area contributed by atoms with Gasteiger partial charge in [0.15, 0.2) is 6.10 Å². The van der Waals surface area contributed by atoms with Crippen LogP contribution in [0.2, 0.25) is 0 Å². The topological polar surface area (TPSA) is 231 Å². The normalized spacial score (nSPS) is 14.7. The molecule has 5 atom stereocenters. The predicted molar refractivity (Wildman–Crippen MR) is 362 cm³/mol. The third-order valence-electron chi connectivity index (χ3n) is 14.6. The van der Waals surface area contributed by atoms with E-state index in [2.05, 4.69) is 106 Å². The highest BCUT2D eigenvalue weighted by atomic mass is 31.2. The second kappa shape index (κ2) is 64.8. The van der Waals surface area contributed by atoms with Crippen LogP contribution < -0.4 is 0 Å². The molecule has 89 heavy (non-hydrogen) atoms. The molecular weight excluding hydrogens is 1170 g/mol. The minimum Gasteiger partial charge on any atom is -0.463 e. The maximum Gasteiger partial charge on any atom is 0.472 e. The minimum atomic E-state index is -4.91. The fourth-order valence-electron chi connectivity index (χ4n) is 9.27. The van der Waals surface area contributed by atoms with Crippen molar-refractivity contribution in [2.45, 2.75) is 309 Å². The molecule has 0 rings (SSSR count). The first-order valence-electron chi connectivity index (χ1n) is 34.9. The fourth-order valence-corrected chi connectivity index (χ4v) is 10.9. The average molecular weight is 1300 g/mol. The van der Waals surface area contributed by atoms with Crippen molar-refractivity contribution < 1.29 is 75.8 Å². The van der Waals surface area contributed by atoms with Gasteiger partial charge in [0.1, 0.15) is 25.4 Å².